The van der Waals surface area contributed by atoms with E-state index in [9.17, 15) is 9.65 Å². The average molecular weight is 574 g/mol. The summed E-state index contributed by atoms with van der Waals surface area (Å²) < 4.78 is 33.0. The van der Waals surface area contributed by atoms with Gasteiger partial charge in [0.2, 0.25) is 6.79 Å². The van der Waals surface area contributed by atoms with E-state index in [0.29, 0.717) is 18.1 Å². The molecular formula is C36H32FNO3Si. The Morgan fingerprint density at radius 1 is 0.857 bits per heavy atom. The van der Waals surface area contributed by atoms with Crippen LogP contribution in [0.15, 0.2) is 103 Å². The second kappa shape index (κ2) is 11.1. The molecule has 0 aromatic heterocycles. The Bertz CT molecular complexity index is 1740. The van der Waals surface area contributed by atoms with Gasteiger partial charge in [0, 0.05) is 5.39 Å². The highest BCUT2D eigenvalue weighted by Gasteiger charge is 2.50. The number of hydrogen-bond donors (Lipinski definition) is 0. The number of halogens is 1. The lowest BCUT2D eigenvalue weighted by Gasteiger charge is -2.43. The van der Waals surface area contributed by atoms with Gasteiger partial charge in [0.25, 0.3) is 8.32 Å². The third kappa shape index (κ3) is 4.75. The molecule has 6 rings (SSSR count). The quantitative estimate of drug-likeness (QED) is 0.189. The molecule has 1 heterocycles. The number of nitrogens with zero attached hydrogens (tertiary/aromatic N) is 1. The summed E-state index contributed by atoms with van der Waals surface area (Å²) in [6.07, 6.45) is 0.159. The van der Waals surface area contributed by atoms with Gasteiger partial charge in [0.1, 0.15) is 5.82 Å². The predicted octanol–water partition coefficient (Wildman–Crippen LogP) is 7.52. The fraction of sp³-hybridized carbons (Fsp3) is 0.194. The van der Waals surface area contributed by atoms with Crippen molar-refractivity contribution >= 4 is 29.5 Å². The van der Waals surface area contributed by atoms with Crippen LogP contribution in [-0.2, 0) is 17.5 Å². The minimum absolute atomic E-state index is 0.129. The van der Waals surface area contributed by atoms with Gasteiger partial charge in [0.15, 0.2) is 11.5 Å². The van der Waals surface area contributed by atoms with E-state index in [0.717, 1.165) is 33.0 Å². The van der Waals surface area contributed by atoms with Crippen LogP contribution in [0, 0.1) is 17.1 Å². The number of hydrogen-bond acceptors (Lipinski definition) is 4. The molecule has 0 saturated heterocycles. The fourth-order valence-corrected chi connectivity index (χ4v) is 10.8. The molecule has 0 fully saturated rings. The van der Waals surface area contributed by atoms with Crippen LogP contribution >= 0.6 is 0 Å². The molecule has 210 valence electrons. The van der Waals surface area contributed by atoms with Crippen molar-refractivity contribution in [3.8, 4) is 28.7 Å². The van der Waals surface area contributed by atoms with Gasteiger partial charge < -0.3 is 13.9 Å². The lowest BCUT2D eigenvalue weighted by Crippen LogP contribution is -2.66. The Kier molecular flexibility index (Phi) is 7.32. The second-order valence-electron chi connectivity index (χ2n) is 11.6. The van der Waals surface area contributed by atoms with Gasteiger partial charge in [-0.1, -0.05) is 99.6 Å². The van der Waals surface area contributed by atoms with Gasteiger partial charge >= 0.3 is 0 Å². The van der Waals surface area contributed by atoms with Gasteiger partial charge in [-0.3, -0.25) is 0 Å². The van der Waals surface area contributed by atoms with Gasteiger partial charge in [-0.2, -0.15) is 5.26 Å². The highest BCUT2D eigenvalue weighted by Crippen LogP contribution is 2.47. The number of benzene rings is 5. The second-order valence-corrected chi connectivity index (χ2v) is 15.9. The minimum atomic E-state index is -2.84. The molecule has 5 aromatic carbocycles. The van der Waals surface area contributed by atoms with E-state index in [2.05, 4.69) is 81.4 Å². The molecule has 0 unspecified atom stereocenters. The molecule has 6 heteroatoms. The van der Waals surface area contributed by atoms with Gasteiger partial charge in [-0.15, -0.1) is 0 Å². The smallest absolute Gasteiger partial charge is 0.261 e. The molecule has 0 spiro atoms. The van der Waals surface area contributed by atoms with Gasteiger partial charge in [-0.05, 0) is 67.3 Å². The summed E-state index contributed by atoms with van der Waals surface area (Å²) >= 11 is 0. The maximum atomic E-state index is 14.0. The highest BCUT2D eigenvalue weighted by atomic mass is 28.4. The van der Waals surface area contributed by atoms with Crippen molar-refractivity contribution in [2.45, 2.75) is 38.8 Å². The molecule has 0 atom stereocenters. The zero-order valence-electron chi connectivity index (χ0n) is 24.0. The van der Waals surface area contributed by atoms with Gasteiger partial charge in [-0.25, -0.2) is 4.39 Å². The first-order valence-corrected chi connectivity index (χ1v) is 16.0. The van der Waals surface area contributed by atoms with Crippen molar-refractivity contribution < 1.29 is 18.3 Å². The van der Waals surface area contributed by atoms with E-state index < -0.39 is 8.32 Å². The van der Waals surface area contributed by atoms with Crippen LogP contribution in [0.25, 0.3) is 21.9 Å². The summed E-state index contributed by atoms with van der Waals surface area (Å²) in [6.45, 7) is 7.19. The van der Waals surface area contributed by atoms with E-state index in [1.807, 2.05) is 24.3 Å². The minimum Gasteiger partial charge on any atom is -0.454 e. The van der Waals surface area contributed by atoms with Crippen LogP contribution in [-0.4, -0.2) is 15.1 Å². The first-order valence-electron chi connectivity index (χ1n) is 14.1. The number of nitriles is 1. The number of ether oxygens (including phenoxy) is 2. The Labute approximate surface area is 247 Å². The Balaban J connectivity index is 1.58. The molecule has 0 aliphatic carbocycles. The maximum Gasteiger partial charge on any atom is 0.261 e. The van der Waals surface area contributed by atoms with Crippen LogP contribution in [0.2, 0.25) is 5.04 Å². The molecule has 1 aliphatic heterocycles. The monoisotopic (exact) mass is 573 g/mol. The largest absolute Gasteiger partial charge is 0.454 e. The lowest BCUT2D eigenvalue weighted by molar-refractivity contribution is 0.175. The predicted molar refractivity (Wildman–Crippen MR) is 167 cm³/mol. The standard InChI is InChI=1S/C36H32FNO3Si/c1-36(2,3)42(29-10-6-4-7-11-29,30-12-8-5-9-13-30)41-23-27-22-26-16-19-32-35(40-24-39-32)34(26)33(31(27)20-21-38)25-14-17-28(37)18-15-25/h4-19,22H,20,23-24H2,1-3H3. The van der Waals surface area contributed by atoms with Crippen molar-refractivity contribution in [2.75, 3.05) is 6.79 Å². The number of rotatable bonds is 7. The molecule has 1 aliphatic rings. The molecule has 0 saturated carbocycles. The van der Waals surface area contributed by atoms with E-state index in [-0.39, 0.29) is 24.1 Å². The summed E-state index contributed by atoms with van der Waals surface area (Å²) in [5, 5.41) is 14.0. The van der Waals surface area contributed by atoms with E-state index in [1.54, 1.807) is 12.1 Å². The summed E-state index contributed by atoms with van der Waals surface area (Å²) in [7, 11) is -2.84. The van der Waals surface area contributed by atoms with E-state index in [1.165, 1.54) is 22.5 Å². The first-order chi connectivity index (χ1) is 20.3. The topological polar surface area (TPSA) is 51.5 Å². The van der Waals surface area contributed by atoms with Crippen molar-refractivity contribution in [2.24, 2.45) is 0 Å². The molecule has 42 heavy (non-hydrogen) atoms. The Morgan fingerprint density at radius 3 is 2.10 bits per heavy atom. The summed E-state index contributed by atoms with van der Waals surface area (Å²) in [5.74, 6) is 0.983. The van der Waals surface area contributed by atoms with Crippen LogP contribution < -0.4 is 19.8 Å². The van der Waals surface area contributed by atoms with Crippen LogP contribution in [0.1, 0.15) is 31.9 Å². The molecule has 4 nitrogen and oxygen atoms in total. The zero-order valence-corrected chi connectivity index (χ0v) is 25.0. The van der Waals surface area contributed by atoms with Crippen molar-refractivity contribution in [1.29, 1.82) is 5.26 Å². The van der Waals surface area contributed by atoms with Crippen LogP contribution in [0.4, 0.5) is 4.39 Å². The summed E-state index contributed by atoms with van der Waals surface area (Å²) in [5.41, 5.74) is 3.42. The van der Waals surface area contributed by atoms with Crippen molar-refractivity contribution in [1.82, 2.24) is 0 Å². The van der Waals surface area contributed by atoms with E-state index in [4.69, 9.17) is 13.9 Å². The fourth-order valence-electron chi connectivity index (χ4n) is 6.24. The third-order valence-corrected chi connectivity index (χ3v) is 13.1. The normalized spacial score (nSPS) is 12.8. The van der Waals surface area contributed by atoms with E-state index >= 15 is 0 Å². The Morgan fingerprint density at radius 2 is 1.50 bits per heavy atom. The van der Waals surface area contributed by atoms with Crippen molar-refractivity contribution in [3.63, 3.8) is 0 Å². The maximum absolute atomic E-state index is 14.0. The van der Waals surface area contributed by atoms with Crippen LogP contribution in [0.5, 0.6) is 11.5 Å². The molecule has 5 aromatic rings. The molecule has 0 N–H and O–H groups in total. The molecular weight excluding hydrogens is 541 g/mol. The summed E-state index contributed by atoms with van der Waals surface area (Å²) in [4.78, 5) is 0. The lowest BCUT2D eigenvalue weighted by atomic mass is 9.88. The average Bonchev–Trinajstić information content (AvgIpc) is 3.48. The van der Waals surface area contributed by atoms with Gasteiger partial charge in [0.05, 0.1) is 19.1 Å². The summed E-state index contributed by atoms with van der Waals surface area (Å²) in [6, 6.07) is 35.9. The van der Waals surface area contributed by atoms with Crippen LogP contribution in [0.3, 0.4) is 0 Å². The highest BCUT2D eigenvalue weighted by molar-refractivity contribution is 6.99. The molecule has 0 amide bonds. The van der Waals surface area contributed by atoms with Crippen molar-refractivity contribution in [3.05, 3.63) is 120 Å². The zero-order chi connectivity index (χ0) is 29.3. The third-order valence-electron chi connectivity index (χ3n) is 8.09. The number of fused-ring (bicyclic) bond motifs is 3. The SMILES string of the molecule is CC(C)(C)[Si](OCc1cc2ccc3c(c2c(-c2ccc(F)cc2)c1CC#N)OCO3)(c1ccccc1)c1ccccc1. The Hall–Kier alpha value is -4.44. The molecule has 0 radical (unpaired) electrons. The molecule has 0 bridgehead atoms. The first kappa shape index (κ1) is 27.7.